The number of nitrogens with zero attached hydrogens (tertiary/aromatic N) is 1. The Labute approximate surface area is 182 Å². The highest BCUT2D eigenvalue weighted by molar-refractivity contribution is 6.08. The van der Waals surface area contributed by atoms with E-state index in [1.165, 1.54) is 12.1 Å². The number of ether oxygens (including phenoxy) is 2. The Morgan fingerprint density at radius 3 is 2.34 bits per heavy atom. The van der Waals surface area contributed by atoms with Crippen molar-refractivity contribution in [3.8, 4) is 0 Å². The van der Waals surface area contributed by atoms with E-state index in [1.54, 1.807) is 4.90 Å². The van der Waals surface area contributed by atoms with Crippen molar-refractivity contribution in [2.24, 2.45) is 11.7 Å². The molecule has 2 atom stereocenters. The van der Waals surface area contributed by atoms with Gasteiger partial charge in [-0.3, -0.25) is 14.4 Å². The summed E-state index contributed by atoms with van der Waals surface area (Å²) in [4.78, 5) is 34.8. The fraction of sp³-hybridized carbons (Fsp3) is 0.550. The first kappa shape index (κ1) is 25.6. The number of carboxylic acid groups (broad SMARTS) is 1. The summed E-state index contributed by atoms with van der Waals surface area (Å²) in [5, 5.41) is 11.8. The summed E-state index contributed by atoms with van der Waals surface area (Å²) in [7, 11) is 0. The highest BCUT2D eigenvalue weighted by Crippen LogP contribution is 2.38. The molecule has 4 N–H and O–H groups in total. The number of carbonyl (C=O) groups is 3. The number of benzene rings is 1. The number of rotatable bonds is 5. The molecule has 2 heterocycles. The number of primary amides is 1. The summed E-state index contributed by atoms with van der Waals surface area (Å²) >= 11 is 0. The van der Waals surface area contributed by atoms with Gasteiger partial charge in [-0.05, 0) is 25.1 Å². The zero-order valence-corrected chi connectivity index (χ0v) is 17.5. The molecule has 9 nitrogen and oxygen atoms in total. The van der Waals surface area contributed by atoms with Crippen molar-refractivity contribution in [2.75, 3.05) is 50.9 Å². The molecule has 2 fully saturated rings. The van der Waals surface area contributed by atoms with E-state index in [2.05, 4.69) is 5.32 Å². The number of hydrogen-bond donors (Lipinski definition) is 3. The third-order valence-corrected chi connectivity index (χ3v) is 4.95. The molecule has 1 aromatic rings. The number of carbonyl (C=O) groups excluding carboxylic acids is 2. The molecule has 1 aromatic carbocycles. The normalized spacial score (nSPS) is 20.0. The molecule has 2 aliphatic rings. The number of carboxylic acids is 1. The summed E-state index contributed by atoms with van der Waals surface area (Å²) in [5.41, 5.74) is 3.73. The Hall–Kier alpha value is -2.70. The lowest BCUT2D eigenvalue weighted by molar-refractivity contribution is -0.139. The zero-order valence-electron chi connectivity index (χ0n) is 17.5. The molecule has 2 saturated heterocycles. The number of aliphatic carboxylic acids is 1. The van der Waals surface area contributed by atoms with Crippen LogP contribution in [0.2, 0.25) is 0 Å². The summed E-state index contributed by atoms with van der Waals surface area (Å²) in [6.07, 6.45) is -5.06. The Bertz CT molecular complexity index is 821. The lowest BCUT2D eigenvalue weighted by Gasteiger charge is -2.31. The largest absolute Gasteiger partial charge is 0.481 e. The Morgan fingerprint density at radius 2 is 1.88 bits per heavy atom. The molecule has 2 aliphatic heterocycles. The Kier molecular flexibility index (Phi) is 8.99. The van der Waals surface area contributed by atoms with Crippen LogP contribution < -0.4 is 16.0 Å². The SMILES string of the molecule is CC(C(=O)O)C(=O)c1ccc(N2CCOCC2)c(C(F)(F)F)c1.NC(=O)C1CNCCO1. The molecule has 0 aliphatic carbocycles. The molecule has 0 spiro atoms. The van der Waals surface area contributed by atoms with Crippen LogP contribution in [-0.4, -0.2) is 74.9 Å². The molecule has 32 heavy (non-hydrogen) atoms. The number of morpholine rings is 2. The number of anilines is 1. The second kappa shape index (κ2) is 11.2. The van der Waals surface area contributed by atoms with Crippen molar-refractivity contribution in [3.05, 3.63) is 29.3 Å². The zero-order chi connectivity index (χ0) is 23.9. The van der Waals surface area contributed by atoms with Gasteiger partial charge in [-0.1, -0.05) is 0 Å². The Morgan fingerprint density at radius 1 is 1.22 bits per heavy atom. The van der Waals surface area contributed by atoms with Gasteiger partial charge in [-0.2, -0.15) is 13.2 Å². The number of nitrogens with two attached hydrogens (primary N) is 1. The number of Topliss-reactive ketones (excluding diaryl/α,β-unsaturated/α-hetero) is 1. The molecular weight excluding hydrogens is 435 g/mol. The lowest BCUT2D eigenvalue weighted by atomic mass is 9.96. The first-order chi connectivity index (χ1) is 15.0. The molecule has 0 saturated carbocycles. The number of alkyl halides is 3. The van der Waals surface area contributed by atoms with E-state index < -0.39 is 35.5 Å². The minimum atomic E-state index is -4.64. The minimum Gasteiger partial charge on any atom is -0.481 e. The van der Waals surface area contributed by atoms with Crippen molar-refractivity contribution in [2.45, 2.75) is 19.2 Å². The Balaban J connectivity index is 0.000000336. The van der Waals surface area contributed by atoms with Gasteiger partial charge in [0.1, 0.15) is 12.0 Å². The van der Waals surface area contributed by atoms with Crippen molar-refractivity contribution in [3.63, 3.8) is 0 Å². The molecular formula is C20H26F3N3O6. The van der Waals surface area contributed by atoms with Crippen molar-refractivity contribution in [1.29, 1.82) is 0 Å². The number of halogens is 3. The van der Waals surface area contributed by atoms with Gasteiger partial charge in [0.15, 0.2) is 5.78 Å². The number of ketones is 1. The average molecular weight is 461 g/mol. The fourth-order valence-electron chi connectivity index (χ4n) is 3.11. The summed E-state index contributed by atoms with van der Waals surface area (Å²) < 4.78 is 50.1. The van der Waals surface area contributed by atoms with Crippen LogP contribution in [0.3, 0.4) is 0 Å². The van der Waals surface area contributed by atoms with Gasteiger partial charge in [0, 0.05) is 37.4 Å². The maximum absolute atomic E-state index is 13.3. The van der Waals surface area contributed by atoms with Crippen LogP contribution in [-0.2, 0) is 25.2 Å². The first-order valence-corrected chi connectivity index (χ1v) is 9.95. The third kappa shape index (κ3) is 6.90. The molecule has 0 aromatic heterocycles. The van der Waals surface area contributed by atoms with Crippen LogP contribution in [0.5, 0.6) is 0 Å². The van der Waals surface area contributed by atoms with Gasteiger partial charge in [0.05, 0.1) is 25.4 Å². The second-order valence-corrected chi connectivity index (χ2v) is 7.22. The van der Waals surface area contributed by atoms with Crippen LogP contribution >= 0.6 is 0 Å². The van der Waals surface area contributed by atoms with E-state index in [0.717, 1.165) is 19.5 Å². The standard InChI is InChI=1S/C15H16F3NO4.C5H10N2O2/c1-9(14(21)22)13(20)10-2-3-12(11(8-10)15(16,17)18)19-4-6-23-7-5-19;6-5(8)4-3-7-1-2-9-4/h2-3,8-9H,4-7H2,1H3,(H,21,22);4,7H,1-3H2,(H2,6,8). The summed E-state index contributed by atoms with van der Waals surface area (Å²) in [5.74, 6) is -4.01. The highest BCUT2D eigenvalue weighted by Gasteiger charge is 2.36. The highest BCUT2D eigenvalue weighted by atomic mass is 19.4. The van der Waals surface area contributed by atoms with Gasteiger partial charge in [-0.15, -0.1) is 0 Å². The lowest BCUT2D eigenvalue weighted by Crippen LogP contribution is -2.45. The maximum atomic E-state index is 13.3. The van der Waals surface area contributed by atoms with E-state index in [9.17, 15) is 27.6 Å². The van der Waals surface area contributed by atoms with Crippen LogP contribution in [0, 0.1) is 5.92 Å². The van der Waals surface area contributed by atoms with Crippen LogP contribution in [0.4, 0.5) is 18.9 Å². The topological polar surface area (TPSA) is 131 Å². The minimum absolute atomic E-state index is 0.0275. The molecule has 3 rings (SSSR count). The predicted octanol–water partition coefficient (Wildman–Crippen LogP) is 0.906. The van der Waals surface area contributed by atoms with Gasteiger partial charge < -0.3 is 30.5 Å². The van der Waals surface area contributed by atoms with Crippen LogP contribution in [0.1, 0.15) is 22.8 Å². The maximum Gasteiger partial charge on any atom is 0.418 e. The van der Waals surface area contributed by atoms with Crippen LogP contribution in [0.25, 0.3) is 0 Å². The average Bonchev–Trinajstić information content (AvgIpc) is 2.78. The second-order valence-electron chi connectivity index (χ2n) is 7.22. The van der Waals surface area contributed by atoms with Crippen molar-refractivity contribution < 1.29 is 42.1 Å². The van der Waals surface area contributed by atoms with E-state index in [4.69, 9.17) is 20.3 Å². The third-order valence-electron chi connectivity index (χ3n) is 4.95. The molecule has 178 valence electrons. The molecule has 2 unspecified atom stereocenters. The molecule has 0 bridgehead atoms. The van der Waals surface area contributed by atoms with E-state index >= 15 is 0 Å². The first-order valence-electron chi connectivity index (χ1n) is 9.95. The van der Waals surface area contributed by atoms with E-state index in [1.807, 2.05) is 0 Å². The fourth-order valence-corrected chi connectivity index (χ4v) is 3.11. The van der Waals surface area contributed by atoms with Crippen molar-refractivity contribution >= 4 is 23.3 Å². The predicted molar refractivity (Wildman–Crippen MR) is 107 cm³/mol. The van der Waals surface area contributed by atoms with E-state index in [-0.39, 0.29) is 17.2 Å². The van der Waals surface area contributed by atoms with E-state index in [0.29, 0.717) is 39.5 Å². The number of nitrogens with one attached hydrogen (secondary N) is 1. The molecule has 1 amide bonds. The van der Waals surface area contributed by atoms with Gasteiger partial charge in [-0.25, -0.2) is 0 Å². The quantitative estimate of drug-likeness (QED) is 0.436. The molecule has 12 heteroatoms. The van der Waals surface area contributed by atoms with Gasteiger partial charge in [0.25, 0.3) is 0 Å². The smallest absolute Gasteiger partial charge is 0.418 e. The summed E-state index contributed by atoms with van der Waals surface area (Å²) in [6.45, 7) is 4.38. The van der Waals surface area contributed by atoms with Crippen LogP contribution in [0.15, 0.2) is 18.2 Å². The summed E-state index contributed by atoms with van der Waals surface area (Å²) in [6, 6.07) is 3.18. The number of amides is 1. The van der Waals surface area contributed by atoms with Gasteiger partial charge >= 0.3 is 12.1 Å². The van der Waals surface area contributed by atoms with Crippen molar-refractivity contribution in [1.82, 2.24) is 5.32 Å². The molecule has 0 radical (unpaired) electrons. The number of hydrogen-bond acceptors (Lipinski definition) is 7. The monoisotopic (exact) mass is 461 g/mol. The van der Waals surface area contributed by atoms with Gasteiger partial charge in [0.2, 0.25) is 5.91 Å².